The van der Waals surface area contributed by atoms with E-state index in [0.29, 0.717) is 24.0 Å². The molecular weight excluding hydrogens is 290 g/mol. The summed E-state index contributed by atoms with van der Waals surface area (Å²) < 4.78 is 11.5. The maximum Gasteiger partial charge on any atom is 0.193 e. The number of hydrogen-bond donors (Lipinski definition) is 1. The minimum Gasteiger partial charge on any atom is -0.469 e. The van der Waals surface area contributed by atoms with Gasteiger partial charge in [0, 0.05) is 44.4 Å². The van der Waals surface area contributed by atoms with Gasteiger partial charge in [-0.1, -0.05) is 6.92 Å². The van der Waals surface area contributed by atoms with E-state index in [0.717, 1.165) is 50.7 Å². The molecule has 1 N–H and O–H groups in total. The van der Waals surface area contributed by atoms with Crippen molar-refractivity contribution in [1.29, 1.82) is 0 Å². The predicted octanol–water partition coefficient (Wildman–Crippen LogP) is 2.29. The molecule has 0 amide bonds. The van der Waals surface area contributed by atoms with E-state index >= 15 is 0 Å². The average molecular weight is 317 g/mol. The number of ether oxygens (including phenoxy) is 1. The summed E-state index contributed by atoms with van der Waals surface area (Å²) in [5.41, 5.74) is 0. The molecule has 3 aliphatic heterocycles. The number of rotatable bonds is 5. The molecule has 4 heterocycles. The first-order valence-corrected chi connectivity index (χ1v) is 9.06. The summed E-state index contributed by atoms with van der Waals surface area (Å²) >= 11 is 0. The van der Waals surface area contributed by atoms with Crippen molar-refractivity contribution in [2.75, 3.05) is 26.2 Å². The van der Waals surface area contributed by atoms with E-state index in [2.05, 4.69) is 17.1 Å². The molecule has 2 bridgehead atoms. The summed E-state index contributed by atoms with van der Waals surface area (Å²) in [4.78, 5) is 7.26. The van der Waals surface area contributed by atoms with Gasteiger partial charge in [0.15, 0.2) is 5.96 Å². The monoisotopic (exact) mass is 317 g/mol. The van der Waals surface area contributed by atoms with Crippen LogP contribution in [0, 0.1) is 11.8 Å². The van der Waals surface area contributed by atoms with Crippen LogP contribution in [0.4, 0.5) is 0 Å². The first-order valence-electron chi connectivity index (χ1n) is 9.06. The zero-order valence-electron chi connectivity index (χ0n) is 13.9. The molecule has 5 nitrogen and oxygen atoms in total. The van der Waals surface area contributed by atoms with Crippen molar-refractivity contribution in [1.82, 2.24) is 10.2 Å². The lowest BCUT2D eigenvalue weighted by atomic mass is 9.82. The lowest BCUT2D eigenvalue weighted by molar-refractivity contribution is 0.0767. The molecule has 0 aliphatic carbocycles. The van der Waals surface area contributed by atoms with Crippen molar-refractivity contribution >= 4 is 5.96 Å². The molecule has 1 aromatic heterocycles. The Kier molecular flexibility index (Phi) is 4.29. The first kappa shape index (κ1) is 15.1. The van der Waals surface area contributed by atoms with Crippen LogP contribution in [0.5, 0.6) is 0 Å². The number of nitrogens with zero attached hydrogens (tertiary/aromatic N) is 2. The SMILES string of the molecule is CCCN=C(NCCc1ccco1)N1CC2C3CCC(O3)C2C1. The Morgan fingerprint density at radius 1 is 1.30 bits per heavy atom. The number of nitrogens with one attached hydrogen (secondary N) is 1. The molecular formula is C18H27N3O2. The zero-order chi connectivity index (χ0) is 15.6. The summed E-state index contributed by atoms with van der Waals surface area (Å²) in [7, 11) is 0. The molecule has 4 atom stereocenters. The van der Waals surface area contributed by atoms with Gasteiger partial charge in [-0.25, -0.2) is 0 Å². The molecule has 23 heavy (non-hydrogen) atoms. The first-order chi connectivity index (χ1) is 11.3. The van der Waals surface area contributed by atoms with Crippen LogP contribution in [-0.2, 0) is 11.2 Å². The molecule has 0 aromatic carbocycles. The number of fused-ring (bicyclic) bond motifs is 5. The highest BCUT2D eigenvalue weighted by Crippen LogP contribution is 2.47. The molecule has 4 rings (SSSR count). The fourth-order valence-corrected chi connectivity index (χ4v) is 4.37. The Morgan fingerprint density at radius 2 is 2.09 bits per heavy atom. The van der Waals surface area contributed by atoms with E-state index in [1.807, 2.05) is 12.1 Å². The maximum absolute atomic E-state index is 6.08. The third-order valence-corrected chi connectivity index (χ3v) is 5.47. The highest BCUT2D eigenvalue weighted by Gasteiger charge is 2.53. The van der Waals surface area contributed by atoms with Crippen LogP contribution in [0.1, 0.15) is 31.9 Å². The quantitative estimate of drug-likeness (QED) is 0.669. The van der Waals surface area contributed by atoms with Gasteiger partial charge in [-0.15, -0.1) is 0 Å². The summed E-state index contributed by atoms with van der Waals surface area (Å²) in [6, 6.07) is 3.97. The largest absolute Gasteiger partial charge is 0.469 e. The van der Waals surface area contributed by atoms with Gasteiger partial charge in [0.25, 0.3) is 0 Å². The number of hydrogen-bond acceptors (Lipinski definition) is 3. The molecule has 3 fully saturated rings. The topological polar surface area (TPSA) is 50.0 Å². The zero-order valence-corrected chi connectivity index (χ0v) is 13.9. The van der Waals surface area contributed by atoms with Crippen LogP contribution >= 0.6 is 0 Å². The van der Waals surface area contributed by atoms with Crippen molar-refractivity contribution < 1.29 is 9.15 Å². The Morgan fingerprint density at radius 3 is 2.74 bits per heavy atom. The fourth-order valence-electron chi connectivity index (χ4n) is 4.37. The summed E-state index contributed by atoms with van der Waals surface area (Å²) in [5.74, 6) is 3.53. The second-order valence-electron chi connectivity index (χ2n) is 6.98. The fraction of sp³-hybridized carbons (Fsp3) is 0.722. The van der Waals surface area contributed by atoms with E-state index in [9.17, 15) is 0 Å². The molecule has 0 saturated carbocycles. The van der Waals surface area contributed by atoms with Crippen LogP contribution < -0.4 is 5.32 Å². The molecule has 3 aliphatic rings. The lowest BCUT2D eigenvalue weighted by Crippen LogP contribution is -2.42. The summed E-state index contributed by atoms with van der Waals surface area (Å²) in [6.07, 6.45) is 7.24. The van der Waals surface area contributed by atoms with Crippen LogP contribution in [0.2, 0.25) is 0 Å². The minimum atomic E-state index is 0.505. The van der Waals surface area contributed by atoms with Gasteiger partial charge in [-0.2, -0.15) is 0 Å². The molecule has 0 spiro atoms. The van der Waals surface area contributed by atoms with Gasteiger partial charge in [0.05, 0.1) is 18.5 Å². The Bertz CT molecular complexity index is 524. The summed E-state index contributed by atoms with van der Waals surface area (Å²) in [6.45, 7) is 6.13. The molecule has 3 saturated heterocycles. The Hall–Kier alpha value is -1.49. The van der Waals surface area contributed by atoms with Gasteiger partial charge in [-0.05, 0) is 31.4 Å². The Labute approximate surface area is 138 Å². The smallest absolute Gasteiger partial charge is 0.193 e. The molecule has 5 heteroatoms. The van der Waals surface area contributed by atoms with E-state index in [4.69, 9.17) is 14.1 Å². The summed E-state index contributed by atoms with van der Waals surface area (Å²) in [5, 5.41) is 3.55. The normalized spacial score (nSPS) is 32.6. The van der Waals surface area contributed by atoms with Crippen molar-refractivity contribution in [3.63, 3.8) is 0 Å². The number of guanidine groups is 1. The van der Waals surface area contributed by atoms with Gasteiger partial charge >= 0.3 is 0 Å². The second kappa shape index (κ2) is 6.56. The van der Waals surface area contributed by atoms with Crippen molar-refractivity contribution in [2.24, 2.45) is 16.8 Å². The van der Waals surface area contributed by atoms with E-state index in [1.54, 1.807) is 6.26 Å². The highest BCUT2D eigenvalue weighted by molar-refractivity contribution is 5.80. The van der Waals surface area contributed by atoms with E-state index < -0.39 is 0 Å². The molecule has 126 valence electrons. The third-order valence-electron chi connectivity index (χ3n) is 5.47. The molecule has 4 unspecified atom stereocenters. The van der Waals surface area contributed by atoms with Gasteiger partial charge in [-0.3, -0.25) is 4.99 Å². The standard InChI is InChI=1S/C18H27N3O2/c1-2-8-19-18(20-9-7-13-4-3-10-22-13)21-11-14-15(12-21)17-6-5-16(14)23-17/h3-4,10,14-17H,2,5-9,11-12H2,1H3,(H,19,20). The van der Waals surface area contributed by atoms with Gasteiger partial charge < -0.3 is 19.4 Å². The van der Waals surface area contributed by atoms with Crippen molar-refractivity contribution in [2.45, 2.75) is 44.8 Å². The van der Waals surface area contributed by atoms with Gasteiger partial charge in [0.2, 0.25) is 0 Å². The third kappa shape index (κ3) is 2.99. The average Bonchev–Trinajstić information content (AvgIpc) is 3.33. The second-order valence-corrected chi connectivity index (χ2v) is 6.98. The molecule has 0 radical (unpaired) electrons. The highest BCUT2D eigenvalue weighted by atomic mass is 16.5. The predicted molar refractivity (Wildman–Crippen MR) is 89.5 cm³/mol. The number of aliphatic imine (C=N–C) groups is 1. The maximum atomic E-state index is 6.08. The van der Waals surface area contributed by atoms with Crippen molar-refractivity contribution in [3.8, 4) is 0 Å². The lowest BCUT2D eigenvalue weighted by Gasteiger charge is -2.23. The number of furan rings is 1. The van der Waals surface area contributed by atoms with Crippen LogP contribution in [0.25, 0.3) is 0 Å². The van der Waals surface area contributed by atoms with Gasteiger partial charge in [0.1, 0.15) is 5.76 Å². The van der Waals surface area contributed by atoms with Crippen LogP contribution in [0.15, 0.2) is 27.8 Å². The van der Waals surface area contributed by atoms with Crippen LogP contribution in [-0.4, -0.2) is 49.2 Å². The number of likely N-dealkylation sites (tertiary alicyclic amines) is 1. The minimum absolute atomic E-state index is 0.505. The van der Waals surface area contributed by atoms with Crippen molar-refractivity contribution in [3.05, 3.63) is 24.2 Å². The Balaban J connectivity index is 1.36. The van der Waals surface area contributed by atoms with Crippen LogP contribution in [0.3, 0.4) is 0 Å². The van der Waals surface area contributed by atoms with E-state index in [1.165, 1.54) is 12.8 Å². The molecule has 1 aromatic rings. The van der Waals surface area contributed by atoms with E-state index in [-0.39, 0.29) is 0 Å².